The fourth-order valence-electron chi connectivity index (χ4n) is 0.0745. The quantitative estimate of drug-likeness (QED) is 0.560. The van der Waals surface area contributed by atoms with E-state index in [0.717, 1.165) is 0 Å². The maximum absolute atomic E-state index is 10.3. The number of rotatable bonds is 2. The third-order valence-electron chi connectivity index (χ3n) is 0.447. The van der Waals surface area contributed by atoms with Crippen LogP contribution < -0.4 is 9.79 Å². The Balaban J connectivity index is 0. The van der Waals surface area contributed by atoms with Crippen LogP contribution in [0.25, 0.3) is 0 Å². The fourth-order valence-corrected chi connectivity index (χ4v) is 0.224. The Morgan fingerprint density at radius 1 is 1.18 bits per heavy atom. The van der Waals surface area contributed by atoms with Gasteiger partial charge in [-0.3, -0.25) is 0 Å². The molecule has 0 radical (unpaired) electrons. The van der Waals surface area contributed by atoms with Crippen molar-refractivity contribution in [2.75, 3.05) is 35.4 Å². The minimum atomic E-state index is -3.07. The van der Waals surface area contributed by atoms with Crippen LogP contribution in [-0.2, 0) is 20.9 Å². The molecule has 0 aromatic rings. The number of quaternary nitrogens is 1. The lowest BCUT2D eigenvalue weighted by molar-refractivity contribution is -0.836. The van der Waals surface area contributed by atoms with Gasteiger partial charge in [0.25, 0.3) is 0 Å². The van der Waals surface area contributed by atoms with E-state index in [1.165, 1.54) is 19.1 Å². The van der Waals surface area contributed by atoms with Crippen LogP contribution in [0.2, 0.25) is 0 Å². The Morgan fingerprint density at radius 2 is 1.36 bits per heavy atom. The standard InChI is InChI=1S/C3H9N.C2H7O3PS/c1-4(2)3;1-4-6(3,7)5-2/h1-3H3;1-2H3,(H,3,7). The predicted octanol–water partition coefficient (Wildman–Crippen LogP) is -1.38. The lowest BCUT2D eigenvalue weighted by Gasteiger charge is -2.21. The van der Waals surface area contributed by atoms with Crippen molar-refractivity contribution >= 4 is 18.5 Å². The van der Waals surface area contributed by atoms with E-state index in [9.17, 15) is 4.89 Å². The van der Waals surface area contributed by atoms with Crippen LogP contribution in [0, 0.1) is 0 Å². The second kappa shape index (κ2) is 7.16. The largest absolute Gasteiger partial charge is 0.780 e. The average molecular weight is 201 g/mol. The van der Waals surface area contributed by atoms with Gasteiger partial charge in [0, 0.05) is 14.2 Å². The monoisotopic (exact) mass is 201 g/mol. The maximum Gasteiger partial charge on any atom is 0.114 e. The van der Waals surface area contributed by atoms with E-state index >= 15 is 0 Å². The molecule has 0 saturated carbocycles. The smallest absolute Gasteiger partial charge is 0.114 e. The molecule has 0 heterocycles. The van der Waals surface area contributed by atoms with Gasteiger partial charge < -0.3 is 18.8 Å². The van der Waals surface area contributed by atoms with E-state index < -0.39 is 6.72 Å². The summed E-state index contributed by atoms with van der Waals surface area (Å²) in [5.74, 6) is 0. The van der Waals surface area contributed by atoms with Crippen LogP contribution in [0.15, 0.2) is 0 Å². The minimum Gasteiger partial charge on any atom is -0.780 e. The molecule has 1 N–H and O–H groups in total. The first kappa shape index (κ1) is 14.0. The molecule has 0 spiro atoms. The van der Waals surface area contributed by atoms with Gasteiger partial charge in [0.2, 0.25) is 0 Å². The Kier molecular flexibility index (Phi) is 9.13. The van der Waals surface area contributed by atoms with Crippen LogP contribution >= 0.6 is 6.72 Å². The molecule has 4 nitrogen and oxygen atoms in total. The molecule has 0 atom stereocenters. The van der Waals surface area contributed by atoms with Gasteiger partial charge in [0.05, 0.1) is 21.1 Å². The van der Waals surface area contributed by atoms with Gasteiger partial charge in [-0.15, -0.1) is 0 Å². The van der Waals surface area contributed by atoms with Crippen molar-refractivity contribution in [3.8, 4) is 0 Å². The van der Waals surface area contributed by atoms with Gasteiger partial charge >= 0.3 is 0 Å². The molecule has 6 heteroatoms. The van der Waals surface area contributed by atoms with Gasteiger partial charge in [0.1, 0.15) is 6.72 Å². The topological polar surface area (TPSA) is 46.0 Å². The molecule has 0 saturated heterocycles. The summed E-state index contributed by atoms with van der Waals surface area (Å²) in [7, 11) is 8.74. The molecule has 0 amide bonds. The summed E-state index contributed by atoms with van der Waals surface area (Å²) in [6, 6.07) is 0. The van der Waals surface area contributed by atoms with Crippen LogP contribution in [0.4, 0.5) is 0 Å². The molecule has 0 unspecified atom stereocenters. The lowest BCUT2D eigenvalue weighted by Crippen LogP contribution is -3.02. The van der Waals surface area contributed by atoms with Crippen LogP contribution in [0.1, 0.15) is 0 Å². The van der Waals surface area contributed by atoms with Gasteiger partial charge in [-0.05, 0) is 0 Å². The summed E-state index contributed by atoms with van der Waals surface area (Å²) in [5.41, 5.74) is 0. The number of nitrogens with one attached hydrogen (secondary N) is 1. The Hall–Kier alpha value is 0.490. The third kappa shape index (κ3) is 18.0. The average Bonchev–Trinajstić information content (AvgIpc) is 1.87. The summed E-state index contributed by atoms with van der Waals surface area (Å²) < 4.78 is 8.47. The summed E-state index contributed by atoms with van der Waals surface area (Å²) >= 11 is 4.26. The summed E-state index contributed by atoms with van der Waals surface area (Å²) in [6.45, 7) is -3.07. The van der Waals surface area contributed by atoms with Crippen LogP contribution in [0.5, 0.6) is 0 Å². The molecule has 0 aliphatic heterocycles. The van der Waals surface area contributed by atoms with E-state index in [1.807, 2.05) is 0 Å². The summed E-state index contributed by atoms with van der Waals surface area (Å²) in [5, 5.41) is 0. The lowest BCUT2D eigenvalue weighted by atomic mass is 11.0. The molecule has 70 valence electrons. The summed E-state index contributed by atoms with van der Waals surface area (Å²) in [6.07, 6.45) is 0. The van der Waals surface area contributed by atoms with Gasteiger partial charge in [0.15, 0.2) is 0 Å². The molecule has 0 fully saturated rings. The van der Waals surface area contributed by atoms with E-state index in [1.54, 1.807) is 0 Å². The molecule has 0 aromatic carbocycles. The zero-order chi connectivity index (χ0) is 9.49. The van der Waals surface area contributed by atoms with Crippen molar-refractivity contribution in [3.63, 3.8) is 0 Å². The maximum atomic E-state index is 10.3. The van der Waals surface area contributed by atoms with E-state index in [-0.39, 0.29) is 0 Å². The molecular formula is C5H16NO3PS. The van der Waals surface area contributed by atoms with Crippen molar-refractivity contribution in [2.24, 2.45) is 0 Å². The van der Waals surface area contributed by atoms with E-state index in [4.69, 9.17) is 0 Å². The number of hydrogen-bond acceptors (Lipinski definition) is 4. The Labute approximate surface area is 73.4 Å². The molecular weight excluding hydrogens is 185 g/mol. The highest BCUT2D eigenvalue weighted by atomic mass is 32.5. The molecule has 0 aliphatic rings. The second-order valence-electron chi connectivity index (χ2n) is 2.31. The van der Waals surface area contributed by atoms with E-state index in [2.05, 4.69) is 42.0 Å². The minimum absolute atomic E-state index is 1.25. The summed E-state index contributed by atoms with van der Waals surface area (Å²) in [4.78, 5) is 11.7. The zero-order valence-corrected chi connectivity index (χ0v) is 9.29. The molecule has 0 bridgehead atoms. The fraction of sp³-hybridized carbons (Fsp3) is 1.00. The molecule has 11 heavy (non-hydrogen) atoms. The van der Waals surface area contributed by atoms with Gasteiger partial charge in [-0.25, -0.2) is 0 Å². The number of hydrogen-bond donors (Lipinski definition) is 1. The van der Waals surface area contributed by atoms with Crippen molar-refractivity contribution in [3.05, 3.63) is 0 Å². The van der Waals surface area contributed by atoms with Crippen molar-refractivity contribution in [2.45, 2.75) is 0 Å². The normalized spacial score (nSPS) is 10.8. The van der Waals surface area contributed by atoms with Gasteiger partial charge in [-0.2, -0.15) is 0 Å². The van der Waals surface area contributed by atoms with Crippen LogP contribution in [0.3, 0.4) is 0 Å². The first-order valence-electron chi connectivity index (χ1n) is 3.05. The molecule has 0 rings (SSSR count). The highest BCUT2D eigenvalue weighted by Crippen LogP contribution is 2.35. The first-order valence-corrected chi connectivity index (χ1v) is 5.60. The molecule has 0 aliphatic carbocycles. The predicted molar refractivity (Wildman–Crippen MR) is 47.0 cm³/mol. The second-order valence-corrected chi connectivity index (χ2v) is 5.28. The SMILES string of the molecule is COP([O-])(=S)OC.C[NH+](C)C. The van der Waals surface area contributed by atoms with E-state index in [0.29, 0.717) is 0 Å². The first-order chi connectivity index (χ1) is 4.85. The van der Waals surface area contributed by atoms with Gasteiger partial charge in [-0.1, -0.05) is 11.8 Å². The third-order valence-corrected chi connectivity index (χ3v) is 2.24. The Bertz CT molecular complexity index is 120. The highest BCUT2D eigenvalue weighted by Gasteiger charge is 1.91. The molecule has 0 aromatic heterocycles. The highest BCUT2D eigenvalue weighted by molar-refractivity contribution is 8.06. The van der Waals surface area contributed by atoms with Crippen molar-refractivity contribution < 1.29 is 18.8 Å². The van der Waals surface area contributed by atoms with Crippen molar-refractivity contribution in [1.82, 2.24) is 0 Å². The van der Waals surface area contributed by atoms with Crippen LogP contribution in [-0.4, -0.2) is 35.4 Å². The Morgan fingerprint density at radius 3 is 1.36 bits per heavy atom. The van der Waals surface area contributed by atoms with Crippen molar-refractivity contribution in [1.29, 1.82) is 0 Å². The zero-order valence-electron chi connectivity index (χ0n) is 7.58.